The number of hydrogen-bond acceptors (Lipinski definition) is 4. The number of aromatic nitrogens is 2. The summed E-state index contributed by atoms with van der Waals surface area (Å²) in [6, 6.07) is 7.88. The molecule has 2 atom stereocenters. The second kappa shape index (κ2) is 6.17. The lowest BCUT2D eigenvalue weighted by Gasteiger charge is -2.20. The van der Waals surface area contributed by atoms with Crippen LogP contribution in [0, 0.1) is 0 Å². The average molecular weight is 352 g/mol. The van der Waals surface area contributed by atoms with E-state index in [0.717, 1.165) is 21.5 Å². The maximum Gasteiger partial charge on any atom is 0.122 e. The first-order chi connectivity index (χ1) is 10.2. The smallest absolute Gasteiger partial charge is 0.122 e. The van der Waals surface area contributed by atoms with Crippen LogP contribution in [0.3, 0.4) is 0 Å². The van der Waals surface area contributed by atoms with E-state index in [1.807, 2.05) is 22.9 Å². The van der Waals surface area contributed by atoms with E-state index in [-0.39, 0.29) is 12.0 Å². The van der Waals surface area contributed by atoms with Gasteiger partial charge in [0.2, 0.25) is 0 Å². The van der Waals surface area contributed by atoms with E-state index in [9.17, 15) is 0 Å². The molecule has 1 aromatic heterocycles. The minimum Gasteiger partial charge on any atom is -0.493 e. The lowest BCUT2D eigenvalue weighted by molar-refractivity contribution is 0.181. The largest absolute Gasteiger partial charge is 0.493 e. The number of para-hydroxylation sites is 1. The molecular formula is C15H18BrN3O2. The average Bonchev–Trinajstić information content (AvgIpc) is 3.08. The van der Waals surface area contributed by atoms with Gasteiger partial charge in [0.05, 0.1) is 42.2 Å². The molecule has 21 heavy (non-hydrogen) atoms. The minimum atomic E-state index is -0.178. The maximum atomic E-state index is 6.52. The highest BCUT2D eigenvalue weighted by molar-refractivity contribution is 9.10. The van der Waals surface area contributed by atoms with Gasteiger partial charge in [-0.15, -0.1) is 0 Å². The normalized spacial score (nSPS) is 18.3. The number of fused-ring (bicyclic) bond motifs is 1. The molecule has 3 rings (SSSR count). The summed E-state index contributed by atoms with van der Waals surface area (Å²) in [7, 11) is 1.68. The molecule has 0 spiro atoms. The summed E-state index contributed by atoms with van der Waals surface area (Å²) in [6.45, 7) is 1.88. The van der Waals surface area contributed by atoms with Gasteiger partial charge in [0.25, 0.3) is 0 Å². The molecule has 112 valence electrons. The van der Waals surface area contributed by atoms with Crippen molar-refractivity contribution in [3.05, 3.63) is 46.2 Å². The van der Waals surface area contributed by atoms with Gasteiger partial charge in [0.15, 0.2) is 0 Å². The van der Waals surface area contributed by atoms with Crippen molar-refractivity contribution in [1.82, 2.24) is 9.78 Å². The molecule has 0 saturated carbocycles. The SMILES string of the molecule is COCCn1ncc(Br)c1C(N)C1COc2ccccc21. The summed E-state index contributed by atoms with van der Waals surface area (Å²) in [6.07, 6.45) is 1.78. The Labute approximate surface area is 132 Å². The number of rotatable bonds is 5. The number of nitrogens with two attached hydrogens (primary N) is 1. The summed E-state index contributed by atoms with van der Waals surface area (Å²) in [4.78, 5) is 0. The van der Waals surface area contributed by atoms with Crippen LogP contribution >= 0.6 is 15.9 Å². The maximum absolute atomic E-state index is 6.52. The van der Waals surface area contributed by atoms with Crippen LogP contribution in [0.15, 0.2) is 34.9 Å². The van der Waals surface area contributed by atoms with Gasteiger partial charge in [-0.1, -0.05) is 18.2 Å². The first-order valence-corrected chi connectivity index (χ1v) is 7.69. The van der Waals surface area contributed by atoms with Gasteiger partial charge < -0.3 is 15.2 Å². The van der Waals surface area contributed by atoms with Crippen LogP contribution in [0.1, 0.15) is 23.2 Å². The molecule has 0 bridgehead atoms. The number of halogens is 1. The van der Waals surface area contributed by atoms with Crippen molar-refractivity contribution in [2.75, 3.05) is 20.3 Å². The van der Waals surface area contributed by atoms with E-state index in [1.54, 1.807) is 13.3 Å². The number of ether oxygens (including phenoxy) is 2. The highest BCUT2D eigenvalue weighted by Crippen LogP contribution is 2.41. The Morgan fingerprint density at radius 2 is 2.33 bits per heavy atom. The minimum absolute atomic E-state index is 0.135. The van der Waals surface area contributed by atoms with Gasteiger partial charge in [-0.05, 0) is 22.0 Å². The van der Waals surface area contributed by atoms with E-state index in [1.165, 1.54) is 0 Å². The molecule has 5 nitrogen and oxygen atoms in total. The fourth-order valence-electron chi connectivity index (χ4n) is 2.73. The first-order valence-electron chi connectivity index (χ1n) is 6.90. The molecule has 0 fully saturated rings. The zero-order valence-electron chi connectivity index (χ0n) is 11.8. The number of hydrogen-bond donors (Lipinski definition) is 1. The van der Waals surface area contributed by atoms with E-state index >= 15 is 0 Å². The highest BCUT2D eigenvalue weighted by atomic mass is 79.9. The monoisotopic (exact) mass is 351 g/mol. The molecule has 2 unspecified atom stereocenters. The van der Waals surface area contributed by atoms with Crippen molar-refractivity contribution in [3.63, 3.8) is 0 Å². The predicted octanol–water partition coefficient (Wildman–Crippen LogP) is 2.47. The molecule has 0 saturated heterocycles. The summed E-state index contributed by atoms with van der Waals surface area (Å²) >= 11 is 3.55. The molecule has 1 aliphatic rings. The van der Waals surface area contributed by atoms with E-state index < -0.39 is 0 Å². The molecule has 2 N–H and O–H groups in total. The van der Waals surface area contributed by atoms with Crippen LogP contribution in [0.4, 0.5) is 0 Å². The van der Waals surface area contributed by atoms with Crippen molar-refractivity contribution in [2.24, 2.45) is 5.73 Å². The first kappa shape index (κ1) is 14.6. The Balaban J connectivity index is 1.89. The predicted molar refractivity (Wildman–Crippen MR) is 83.4 cm³/mol. The van der Waals surface area contributed by atoms with Crippen LogP contribution in [0.2, 0.25) is 0 Å². The Morgan fingerprint density at radius 3 is 3.14 bits per heavy atom. The van der Waals surface area contributed by atoms with E-state index in [4.69, 9.17) is 15.2 Å². The van der Waals surface area contributed by atoms with Gasteiger partial charge in [0, 0.05) is 18.6 Å². The fourth-order valence-corrected chi connectivity index (χ4v) is 3.30. The molecule has 0 aliphatic carbocycles. The summed E-state index contributed by atoms with van der Waals surface area (Å²) in [5, 5.41) is 4.37. The van der Waals surface area contributed by atoms with Crippen LogP contribution < -0.4 is 10.5 Å². The van der Waals surface area contributed by atoms with Gasteiger partial charge in [-0.25, -0.2) is 0 Å². The number of nitrogens with zero attached hydrogens (tertiary/aromatic N) is 2. The third-order valence-corrected chi connectivity index (χ3v) is 4.44. The van der Waals surface area contributed by atoms with E-state index in [0.29, 0.717) is 19.8 Å². The second-order valence-electron chi connectivity index (χ2n) is 5.07. The number of benzene rings is 1. The van der Waals surface area contributed by atoms with Crippen molar-refractivity contribution in [1.29, 1.82) is 0 Å². The Morgan fingerprint density at radius 1 is 1.52 bits per heavy atom. The van der Waals surface area contributed by atoms with Crippen LogP contribution in [-0.2, 0) is 11.3 Å². The summed E-state index contributed by atoms with van der Waals surface area (Å²) in [5.41, 5.74) is 8.67. The van der Waals surface area contributed by atoms with Crippen molar-refractivity contribution in [3.8, 4) is 5.75 Å². The van der Waals surface area contributed by atoms with Gasteiger partial charge in [-0.3, -0.25) is 4.68 Å². The summed E-state index contributed by atoms with van der Waals surface area (Å²) < 4.78 is 13.7. The molecule has 0 amide bonds. The molecular weight excluding hydrogens is 334 g/mol. The molecule has 2 heterocycles. The summed E-state index contributed by atoms with van der Waals surface area (Å²) in [5.74, 6) is 1.06. The van der Waals surface area contributed by atoms with Crippen LogP contribution in [0.25, 0.3) is 0 Å². The molecule has 0 radical (unpaired) electrons. The van der Waals surface area contributed by atoms with Crippen LogP contribution in [-0.4, -0.2) is 30.1 Å². The Bertz CT molecular complexity index is 629. The zero-order chi connectivity index (χ0) is 14.8. The second-order valence-corrected chi connectivity index (χ2v) is 5.93. The zero-order valence-corrected chi connectivity index (χ0v) is 13.4. The van der Waals surface area contributed by atoms with Crippen LogP contribution in [0.5, 0.6) is 5.75 Å². The van der Waals surface area contributed by atoms with Crippen molar-refractivity contribution < 1.29 is 9.47 Å². The molecule has 2 aromatic rings. The fraction of sp³-hybridized carbons (Fsp3) is 0.400. The quantitative estimate of drug-likeness (QED) is 0.898. The topological polar surface area (TPSA) is 62.3 Å². The molecule has 6 heteroatoms. The van der Waals surface area contributed by atoms with Crippen molar-refractivity contribution in [2.45, 2.75) is 18.5 Å². The van der Waals surface area contributed by atoms with Gasteiger partial charge in [-0.2, -0.15) is 5.10 Å². The van der Waals surface area contributed by atoms with Gasteiger partial charge in [0.1, 0.15) is 5.75 Å². The Kier molecular flexibility index (Phi) is 4.28. The molecule has 1 aromatic carbocycles. The van der Waals surface area contributed by atoms with Gasteiger partial charge >= 0.3 is 0 Å². The number of methoxy groups -OCH3 is 1. The third kappa shape index (κ3) is 2.71. The third-order valence-electron chi connectivity index (χ3n) is 3.83. The molecule has 1 aliphatic heterocycles. The standard InChI is InChI=1S/C15H18BrN3O2/c1-20-7-6-19-15(12(16)8-18-19)14(17)11-9-21-13-5-3-2-4-10(11)13/h2-5,8,11,14H,6-7,9,17H2,1H3. The van der Waals surface area contributed by atoms with Crippen molar-refractivity contribution >= 4 is 15.9 Å². The van der Waals surface area contributed by atoms with E-state index in [2.05, 4.69) is 27.1 Å². The Hall–Kier alpha value is -1.37. The lowest BCUT2D eigenvalue weighted by Crippen LogP contribution is -2.25. The lowest BCUT2D eigenvalue weighted by atomic mass is 9.92. The highest BCUT2D eigenvalue weighted by Gasteiger charge is 2.32.